The maximum absolute atomic E-state index is 6.71. The molecule has 0 N–H and O–H groups in total. The van der Waals surface area contributed by atoms with E-state index in [-0.39, 0.29) is 5.41 Å². The molecule has 4 aliphatic rings. The summed E-state index contributed by atoms with van der Waals surface area (Å²) in [5.41, 5.74) is 3.13. The highest BCUT2D eigenvalue weighted by Gasteiger charge is 2.59. The first-order valence-corrected chi connectivity index (χ1v) is 14.3. The molecule has 4 rings (SSSR count). The van der Waals surface area contributed by atoms with Gasteiger partial charge < -0.3 is 9.26 Å². The highest BCUT2D eigenvalue weighted by Crippen LogP contribution is 2.65. The predicted octanol–water partition coefficient (Wildman–Crippen LogP) is 5.95. The van der Waals surface area contributed by atoms with Crippen molar-refractivity contribution in [2.24, 2.45) is 33.7 Å². The van der Waals surface area contributed by atoms with Gasteiger partial charge in [0.1, 0.15) is 12.8 Å². The van der Waals surface area contributed by atoms with E-state index in [4.69, 9.17) is 9.26 Å². The molecule has 0 amide bonds. The van der Waals surface area contributed by atoms with Crippen molar-refractivity contribution in [3.8, 4) is 0 Å². The second kappa shape index (κ2) is 6.59. The largest absolute Gasteiger partial charge is 0.414 e. The second-order valence-corrected chi connectivity index (χ2v) is 15.2. The minimum Gasteiger partial charge on any atom is -0.414 e. The number of rotatable bonds is 3. The van der Waals surface area contributed by atoms with Crippen LogP contribution in [0.1, 0.15) is 52.4 Å². The summed E-state index contributed by atoms with van der Waals surface area (Å²) < 4.78 is 6.71. The summed E-state index contributed by atoms with van der Waals surface area (Å²) in [5.74, 6) is 2.44. The van der Waals surface area contributed by atoms with Crippen molar-refractivity contribution in [2.75, 3.05) is 7.11 Å². The third-order valence-electron chi connectivity index (χ3n) is 8.17. The molecule has 4 aliphatic carbocycles. The van der Waals surface area contributed by atoms with E-state index in [0.717, 1.165) is 23.5 Å². The molecule has 0 aromatic heterocycles. The first-order chi connectivity index (χ1) is 12.7. The molecule has 0 aromatic carbocycles. The third-order valence-corrected chi connectivity index (χ3v) is 9.17. The summed E-state index contributed by atoms with van der Waals surface area (Å²) in [5, 5.41) is 4.16. The Balaban J connectivity index is 1.59. The SMILES string of the molecule is CON=C1C=CC2(C)C(=C1)CCC1C2CCC2(C)C(O[Si](C)(C)C)CCC12. The van der Waals surface area contributed by atoms with E-state index < -0.39 is 8.32 Å². The molecule has 6 atom stereocenters. The molecule has 0 aromatic rings. The Bertz CT molecular complexity index is 691. The fourth-order valence-corrected chi connectivity index (χ4v) is 8.18. The van der Waals surface area contributed by atoms with Crippen molar-refractivity contribution in [1.82, 2.24) is 0 Å². The highest BCUT2D eigenvalue weighted by molar-refractivity contribution is 6.69. The first kappa shape index (κ1) is 19.4. The normalized spacial score (nSPS) is 45.1. The molecule has 0 aliphatic heterocycles. The van der Waals surface area contributed by atoms with Gasteiger partial charge in [0.15, 0.2) is 8.32 Å². The maximum Gasteiger partial charge on any atom is 0.184 e. The topological polar surface area (TPSA) is 30.8 Å². The van der Waals surface area contributed by atoms with Crippen LogP contribution in [-0.2, 0) is 9.26 Å². The smallest absolute Gasteiger partial charge is 0.184 e. The second-order valence-electron chi connectivity index (χ2n) is 10.7. The Hall–Kier alpha value is -0.873. The van der Waals surface area contributed by atoms with Gasteiger partial charge in [-0.3, -0.25) is 0 Å². The van der Waals surface area contributed by atoms with Crippen LogP contribution in [0.5, 0.6) is 0 Å². The van der Waals surface area contributed by atoms with E-state index in [9.17, 15) is 0 Å². The lowest BCUT2D eigenvalue weighted by molar-refractivity contribution is -0.0559. The lowest BCUT2D eigenvalue weighted by Crippen LogP contribution is -2.51. The highest BCUT2D eigenvalue weighted by atomic mass is 28.4. The van der Waals surface area contributed by atoms with E-state index in [1.165, 1.54) is 38.5 Å². The lowest BCUT2D eigenvalue weighted by atomic mass is 9.48. The molecule has 0 spiro atoms. The van der Waals surface area contributed by atoms with Crippen LogP contribution in [0.25, 0.3) is 0 Å². The van der Waals surface area contributed by atoms with Crippen LogP contribution in [-0.4, -0.2) is 27.2 Å². The maximum atomic E-state index is 6.71. The number of oxime groups is 1. The van der Waals surface area contributed by atoms with Crippen LogP contribution < -0.4 is 0 Å². The molecule has 0 radical (unpaired) electrons. The van der Waals surface area contributed by atoms with E-state index in [0.29, 0.717) is 11.5 Å². The number of nitrogens with zero attached hydrogens (tertiary/aromatic N) is 1. The van der Waals surface area contributed by atoms with Crippen molar-refractivity contribution in [3.05, 3.63) is 23.8 Å². The fourth-order valence-electron chi connectivity index (χ4n) is 6.94. The van der Waals surface area contributed by atoms with Gasteiger partial charge in [0.25, 0.3) is 0 Å². The molecule has 4 heteroatoms. The summed E-state index contributed by atoms with van der Waals surface area (Å²) in [6.07, 6.45) is 15.2. The molecular weight excluding hydrogens is 350 g/mol. The van der Waals surface area contributed by atoms with Crippen molar-refractivity contribution in [3.63, 3.8) is 0 Å². The van der Waals surface area contributed by atoms with Crippen LogP contribution >= 0.6 is 0 Å². The van der Waals surface area contributed by atoms with Gasteiger partial charge in [-0.15, -0.1) is 0 Å². The average Bonchev–Trinajstić information content (AvgIpc) is 2.90. The molecular formula is C23H37NO2Si. The van der Waals surface area contributed by atoms with Gasteiger partial charge in [0.05, 0.1) is 6.10 Å². The van der Waals surface area contributed by atoms with E-state index in [1.807, 2.05) is 0 Å². The Morgan fingerprint density at radius 1 is 1.07 bits per heavy atom. The molecule has 3 saturated carbocycles. The van der Waals surface area contributed by atoms with Crippen molar-refractivity contribution in [1.29, 1.82) is 0 Å². The molecule has 0 heterocycles. The number of hydrogen-bond donors (Lipinski definition) is 0. The number of hydrogen-bond acceptors (Lipinski definition) is 3. The Morgan fingerprint density at radius 2 is 1.85 bits per heavy atom. The Kier molecular flexibility index (Phi) is 4.74. The minimum atomic E-state index is -1.49. The monoisotopic (exact) mass is 387 g/mol. The predicted molar refractivity (Wildman–Crippen MR) is 114 cm³/mol. The zero-order valence-electron chi connectivity index (χ0n) is 18.0. The fraction of sp³-hybridized carbons (Fsp3) is 0.783. The van der Waals surface area contributed by atoms with Gasteiger partial charge in [0, 0.05) is 5.41 Å². The molecule has 27 heavy (non-hydrogen) atoms. The quantitative estimate of drug-likeness (QED) is 0.443. The third kappa shape index (κ3) is 3.17. The zero-order valence-corrected chi connectivity index (χ0v) is 19.0. The summed E-state index contributed by atoms with van der Waals surface area (Å²) >= 11 is 0. The average molecular weight is 388 g/mol. The molecule has 3 nitrogen and oxygen atoms in total. The Labute approximate surface area is 166 Å². The molecule has 0 saturated heterocycles. The Morgan fingerprint density at radius 3 is 2.56 bits per heavy atom. The summed E-state index contributed by atoms with van der Waals surface area (Å²) in [6.45, 7) is 12.1. The van der Waals surface area contributed by atoms with Crippen LogP contribution in [0.3, 0.4) is 0 Å². The first-order valence-electron chi connectivity index (χ1n) is 10.9. The summed E-state index contributed by atoms with van der Waals surface area (Å²) in [6, 6.07) is 0. The number of allylic oxidation sites excluding steroid dienone is 4. The van der Waals surface area contributed by atoms with Gasteiger partial charge in [-0.1, -0.05) is 30.7 Å². The van der Waals surface area contributed by atoms with Gasteiger partial charge in [-0.2, -0.15) is 0 Å². The van der Waals surface area contributed by atoms with Gasteiger partial charge in [-0.25, -0.2) is 0 Å². The zero-order chi connectivity index (χ0) is 19.4. The van der Waals surface area contributed by atoms with Gasteiger partial charge in [-0.05, 0) is 93.5 Å². The minimum absolute atomic E-state index is 0.203. The number of fused-ring (bicyclic) bond motifs is 5. The van der Waals surface area contributed by atoms with Gasteiger partial charge >= 0.3 is 0 Å². The van der Waals surface area contributed by atoms with Crippen LogP contribution in [0, 0.1) is 28.6 Å². The van der Waals surface area contributed by atoms with Gasteiger partial charge in [0.2, 0.25) is 0 Å². The lowest BCUT2D eigenvalue weighted by Gasteiger charge is -2.57. The van der Waals surface area contributed by atoms with Crippen molar-refractivity contribution in [2.45, 2.75) is 78.1 Å². The molecule has 0 bridgehead atoms. The van der Waals surface area contributed by atoms with Crippen LogP contribution in [0.2, 0.25) is 19.6 Å². The van der Waals surface area contributed by atoms with Crippen molar-refractivity contribution >= 4 is 14.0 Å². The molecule has 6 unspecified atom stereocenters. The van der Waals surface area contributed by atoms with Crippen molar-refractivity contribution < 1.29 is 9.26 Å². The van der Waals surface area contributed by atoms with Crippen LogP contribution in [0.15, 0.2) is 29.0 Å². The standard InChI is InChI=1S/C23H37NO2Si/c1-22-13-11-17(24-25-3)15-16(22)7-8-18-19-9-10-21(26-27(4,5)6)23(19,2)14-12-20(18)22/h11,13,15,18-21H,7-10,12,14H2,1-6H3. The van der Waals surface area contributed by atoms with E-state index >= 15 is 0 Å². The summed E-state index contributed by atoms with van der Waals surface area (Å²) in [4.78, 5) is 5.00. The van der Waals surface area contributed by atoms with E-state index in [1.54, 1.807) is 12.7 Å². The summed E-state index contributed by atoms with van der Waals surface area (Å²) in [7, 11) is 0.137. The molecule has 150 valence electrons. The van der Waals surface area contributed by atoms with E-state index in [2.05, 4.69) is 56.9 Å². The molecule has 3 fully saturated rings. The van der Waals surface area contributed by atoms with Crippen LogP contribution in [0.4, 0.5) is 0 Å².